The van der Waals surface area contributed by atoms with Crippen LogP contribution < -0.4 is 0 Å². The van der Waals surface area contributed by atoms with Crippen molar-refractivity contribution in [2.24, 2.45) is 5.16 Å². The smallest absolute Gasteiger partial charge is 0.133 e. The Labute approximate surface area is 95.1 Å². The number of hydrogen-bond donors (Lipinski definition) is 2. The molecule has 0 radical (unpaired) electrons. The Morgan fingerprint density at radius 2 is 2.21 bits per heavy atom. The first-order chi connectivity index (χ1) is 6.54. The lowest BCUT2D eigenvalue weighted by atomic mass is 10.1. The summed E-state index contributed by atoms with van der Waals surface area (Å²) < 4.78 is 0.533. The lowest BCUT2D eigenvalue weighted by Gasteiger charge is -2.06. The van der Waals surface area contributed by atoms with Crippen molar-refractivity contribution in [3.8, 4) is 5.75 Å². The van der Waals surface area contributed by atoms with E-state index >= 15 is 0 Å². The first kappa shape index (κ1) is 11.3. The average Bonchev–Trinajstić information content (AvgIpc) is 2.13. The number of nitrogens with zero attached hydrogens (tertiary/aromatic N) is 1. The van der Waals surface area contributed by atoms with Crippen molar-refractivity contribution in [3.05, 3.63) is 27.2 Å². The van der Waals surface area contributed by atoms with Crippen LogP contribution in [0.5, 0.6) is 5.75 Å². The second kappa shape index (κ2) is 4.66. The third kappa shape index (κ3) is 2.62. The maximum atomic E-state index is 9.62. The molecule has 3 nitrogen and oxygen atoms in total. The average molecular weight is 279 g/mol. The molecule has 0 saturated carbocycles. The number of hydrogen-bond acceptors (Lipinski definition) is 3. The fraction of sp³-hybridized carbons (Fsp3) is 0.222. The fourth-order valence-electron chi connectivity index (χ4n) is 1.07. The van der Waals surface area contributed by atoms with Gasteiger partial charge < -0.3 is 10.3 Å². The van der Waals surface area contributed by atoms with Crippen LogP contribution in [0.25, 0.3) is 0 Å². The molecule has 1 rings (SSSR count). The van der Waals surface area contributed by atoms with Crippen LogP contribution in [0.1, 0.15) is 12.5 Å². The summed E-state index contributed by atoms with van der Waals surface area (Å²) in [6, 6.07) is 3.24. The highest BCUT2D eigenvalue weighted by molar-refractivity contribution is 9.10. The summed E-state index contributed by atoms with van der Waals surface area (Å²) in [5.41, 5.74) is 1.13. The number of phenolic OH excluding ortho intramolecular Hbond substituents is 1. The molecule has 1 aromatic rings. The van der Waals surface area contributed by atoms with Crippen molar-refractivity contribution >= 4 is 33.2 Å². The maximum Gasteiger partial charge on any atom is 0.133 e. The molecule has 0 fully saturated rings. The summed E-state index contributed by atoms with van der Waals surface area (Å²) in [5.74, 6) is 0.123. The van der Waals surface area contributed by atoms with Gasteiger partial charge in [0.25, 0.3) is 0 Å². The second-order valence-corrected chi connectivity index (χ2v) is 4.20. The topological polar surface area (TPSA) is 52.8 Å². The van der Waals surface area contributed by atoms with Crippen LogP contribution in [0, 0.1) is 0 Å². The Morgan fingerprint density at radius 3 is 2.79 bits per heavy atom. The predicted molar refractivity (Wildman–Crippen MR) is 59.4 cm³/mol. The monoisotopic (exact) mass is 277 g/mol. The zero-order valence-electron chi connectivity index (χ0n) is 7.46. The third-order valence-electron chi connectivity index (χ3n) is 1.72. The van der Waals surface area contributed by atoms with Crippen molar-refractivity contribution < 1.29 is 10.3 Å². The lowest BCUT2D eigenvalue weighted by molar-refractivity contribution is 0.317. The first-order valence-electron chi connectivity index (χ1n) is 3.89. The van der Waals surface area contributed by atoms with E-state index in [-0.39, 0.29) is 5.75 Å². The number of halogens is 2. The molecule has 0 saturated heterocycles. The van der Waals surface area contributed by atoms with Gasteiger partial charge in [-0.1, -0.05) is 16.8 Å². The molecule has 0 aromatic heterocycles. The minimum Gasteiger partial charge on any atom is -0.506 e. The van der Waals surface area contributed by atoms with E-state index in [0.717, 1.165) is 0 Å². The summed E-state index contributed by atoms with van der Waals surface area (Å²) in [4.78, 5) is 0. The largest absolute Gasteiger partial charge is 0.506 e. The van der Waals surface area contributed by atoms with Crippen molar-refractivity contribution in [1.29, 1.82) is 0 Å². The Kier molecular flexibility index (Phi) is 3.77. The van der Waals surface area contributed by atoms with Gasteiger partial charge in [-0.05, 0) is 35.0 Å². The number of rotatable bonds is 2. The second-order valence-electron chi connectivity index (χ2n) is 2.91. The first-order valence-corrected chi connectivity index (χ1v) is 5.06. The van der Waals surface area contributed by atoms with Gasteiger partial charge in [0, 0.05) is 17.0 Å². The molecule has 0 bridgehead atoms. The van der Waals surface area contributed by atoms with Gasteiger partial charge in [0.2, 0.25) is 0 Å². The van der Waals surface area contributed by atoms with Crippen LogP contribution in [0.3, 0.4) is 0 Å². The Bertz CT molecular complexity index is 379. The molecule has 0 unspecified atom stereocenters. The van der Waals surface area contributed by atoms with E-state index in [1.165, 1.54) is 0 Å². The van der Waals surface area contributed by atoms with E-state index in [1.807, 2.05) is 0 Å². The molecule has 76 valence electrons. The van der Waals surface area contributed by atoms with Crippen molar-refractivity contribution in [1.82, 2.24) is 0 Å². The van der Waals surface area contributed by atoms with E-state index < -0.39 is 0 Å². The Hall–Kier alpha value is -0.740. The van der Waals surface area contributed by atoms with E-state index in [2.05, 4.69) is 21.1 Å². The standard InChI is InChI=1S/C9H9BrClNO2/c1-5(12-14)2-6-3-7(11)4-8(10)9(6)13/h3-4,13-14H,2H2,1H3/b12-5-. The number of phenols is 1. The summed E-state index contributed by atoms with van der Waals surface area (Å²) in [7, 11) is 0. The SMILES string of the molecule is C/C(Cc1cc(Cl)cc(Br)c1O)=N/O. The summed E-state index contributed by atoms with van der Waals surface area (Å²) in [5, 5.41) is 21.7. The predicted octanol–water partition coefficient (Wildman–Crippen LogP) is 3.20. The molecule has 0 amide bonds. The van der Waals surface area contributed by atoms with Crippen molar-refractivity contribution in [2.75, 3.05) is 0 Å². The summed E-state index contributed by atoms with van der Waals surface area (Å²) in [6.07, 6.45) is 0.363. The van der Waals surface area contributed by atoms with Gasteiger partial charge in [-0.25, -0.2) is 0 Å². The van der Waals surface area contributed by atoms with E-state index in [4.69, 9.17) is 16.8 Å². The molecule has 0 aliphatic carbocycles. The van der Waals surface area contributed by atoms with E-state index in [1.54, 1.807) is 19.1 Å². The van der Waals surface area contributed by atoms with Gasteiger partial charge in [-0.3, -0.25) is 0 Å². The van der Waals surface area contributed by atoms with Gasteiger partial charge in [-0.2, -0.15) is 0 Å². The number of aromatic hydroxyl groups is 1. The quantitative estimate of drug-likeness (QED) is 0.496. The lowest BCUT2D eigenvalue weighted by Crippen LogP contribution is -1.98. The normalized spacial score (nSPS) is 11.8. The molecule has 0 spiro atoms. The van der Waals surface area contributed by atoms with E-state index in [9.17, 15) is 5.11 Å². The summed E-state index contributed by atoms with van der Waals surface area (Å²) >= 11 is 8.98. The van der Waals surface area contributed by atoms with Crippen LogP contribution in [0.15, 0.2) is 21.8 Å². The van der Waals surface area contributed by atoms with Crippen molar-refractivity contribution in [2.45, 2.75) is 13.3 Å². The molecule has 2 N–H and O–H groups in total. The molecule has 1 aromatic carbocycles. The molecule has 0 aliphatic rings. The number of benzene rings is 1. The molecule has 14 heavy (non-hydrogen) atoms. The van der Waals surface area contributed by atoms with Gasteiger partial charge in [0.15, 0.2) is 0 Å². The molecule has 0 atom stereocenters. The highest BCUT2D eigenvalue weighted by atomic mass is 79.9. The highest BCUT2D eigenvalue weighted by Gasteiger charge is 2.08. The molecule has 0 aliphatic heterocycles. The molecular formula is C9H9BrClNO2. The third-order valence-corrected chi connectivity index (χ3v) is 2.55. The minimum absolute atomic E-state index is 0.123. The van der Waals surface area contributed by atoms with Gasteiger partial charge >= 0.3 is 0 Å². The highest BCUT2D eigenvalue weighted by Crippen LogP contribution is 2.31. The van der Waals surface area contributed by atoms with Crippen LogP contribution >= 0.6 is 27.5 Å². The van der Waals surface area contributed by atoms with Crippen LogP contribution in [-0.2, 0) is 6.42 Å². The zero-order valence-corrected chi connectivity index (χ0v) is 9.80. The van der Waals surface area contributed by atoms with Gasteiger partial charge in [0.1, 0.15) is 5.75 Å². The van der Waals surface area contributed by atoms with Gasteiger partial charge in [0.05, 0.1) is 10.2 Å². The van der Waals surface area contributed by atoms with Crippen LogP contribution in [-0.4, -0.2) is 16.0 Å². The molecular weight excluding hydrogens is 269 g/mol. The molecule has 0 heterocycles. The molecule has 5 heteroatoms. The number of oxime groups is 1. The maximum absolute atomic E-state index is 9.62. The van der Waals surface area contributed by atoms with Crippen LogP contribution in [0.2, 0.25) is 5.02 Å². The van der Waals surface area contributed by atoms with Crippen LogP contribution in [0.4, 0.5) is 0 Å². The van der Waals surface area contributed by atoms with E-state index in [0.29, 0.717) is 27.2 Å². The fourth-order valence-corrected chi connectivity index (χ4v) is 1.94. The summed E-state index contributed by atoms with van der Waals surface area (Å²) in [6.45, 7) is 1.66. The Balaban J connectivity index is 3.08. The zero-order chi connectivity index (χ0) is 10.7. The van der Waals surface area contributed by atoms with Gasteiger partial charge in [-0.15, -0.1) is 0 Å². The Morgan fingerprint density at radius 1 is 1.57 bits per heavy atom. The van der Waals surface area contributed by atoms with Crippen molar-refractivity contribution in [3.63, 3.8) is 0 Å². The minimum atomic E-state index is 0.123.